The van der Waals surface area contributed by atoms with Crippen LogP contribution in [-0.4, -0.2) is 18.0 Å². The maximum absolute atomic E-state index is 5.17. The molecule has 1 rings (SSSR count). The fourth-order valence-electron chi connectivity index (χ4n) is 0.837. The molecule has 1 heterocycles. The molecule has 1 aliphatic rings. The Morgan fingerprint density at radius 3 is 2.38 bits per heavy atom. The van der Waals surface area contributed by atoms with Crippen molar-refractivity contribution in [1.82, 2.24) is 0 Å². The summed E-state index contributed by atoms with van der Waals surface area (Å²) >= 11 is 0. The van der Waals surface area contributed by atoms with Crippen LogP contribution in [0.5, 0.6) is 0 Å². The summed E-state index contributed by atoms with van der Waals surface area (Å²) in [5.41, 5.74) is 0.157. The zero-order chi connectivity index (χ0) is 6.20. The van der Waals surface area contributed by atoms with E-state index in [1.54, 1.807) is 0 Å². The quantitative estimate of drug-likeness (QED) is 0.442. The molecule has 0 aromatic rings. The number of nitrogens with one attached hydrogen (secondary N) is 1. The van der Waals surface area contributed by atoms with Crippen molar-refractivity contribution in [2.45, 2.75) is 26.3 Å². The van der Waals surface area contributed by atoms with E-state index in [4.69, 9.17) is 4.74 Å². The largest absolute Gasteiger partial charge is 0.441 e. The van der Waals surface area contributed by atoms with Crippen molar-refractivity contribution >= 4 is 5.90 Å². The fourth-order valence-corrected chi connectivity index (χ4v) is 0.837. The average molecular weight is 114 g/mol. The highest BCUT2D eigenvalue weighted by atomic mass is 16.5. The van der Waals surface area contributed by atoms with Gasteiger partial charge in [-0.1, -0.05) is 0 Å². The number of hydrogen-bond donors (Lipinski definition) is 1. The lowest BCUT2D eigenvalue weighted by atomic mass is 10.1. The first-order chi connectivity index (χ1) is 3.60. The van der Waals surface area contributed by atoms with Crippen molar-refractivity contribution in [3.8, 4) is 0 Å². The van der Waals surface area contributed by atoms with E-state index >= 15 is 0 Å². The zero-order valence-electron chi connectivity index (χ0n) is 5.62. The molecule has 46 valence electrons. The Labute approximate surface area is 49.6 Å². The standard InChI is InChI=1S/C6H11NO/c1-5-7-6(2,3)4-8-5/h4H2,1-3H3/p+1. The third-order valence-electron chi connectivity index (χ3n) is 1.16. The molecule has 0 saturated carbocycles. The van der Waals surface area contributed by atoms with Crippen LogP contribution in [0.25, 0.3) is 0 Å². The monoisotopic (exact) mass is 114 g/mol. The van der Waals surface area contributed by atoms with Crippen molar-refractivity contribution in [1.29, 1.82) is 0 Å². The SMILES string of the molecule is CC1=[NH+]C(C)(C)CO1. The van der Waals surface area contributed by atoms with Crippen molar-refractivity contribution in [2.24, 2.45) is 0 Å². The summed E-state index contributed by atoms with van der Waals surface area (Å²) in [6, 6.07) is 0. The predicted octanol–water partition coefficient (Wildman–Crippen LogP) is -0.706. The Morgan fingerprint density at radius 2 is 2.25 bits per heavy atom. The molecule has 0 saturated heterocycles. The fraction of sp³-hybridized carbons (Fsp3) is 0.833. The zero-order valence-corrected chi connectivity index (χ0v) is 5.62. The van der Waals surface area contributed by atoms with Crippen LogP contribution in [-0.2, 0) is 4.74 Å². The normalized spacial score (nSPS) is 24.6. The van der Waals surface area contributed by atoms with Gasteiger partial charge in [0.1, 0.15) is 0 Å². The van der Waals surface area contributed by atoms with Crippen LogP contribution in [0.4, 0.5) is 0 Å². The highest BCUT2D eigenvalue weighted by molar-refractivity contribution is 5.67. The van der Waals surface area contributed by atoms with E-state index in [0.717, 1.165) is 12.5 Å². The molecule has 0 unspecified atom stereocenters. The van der Waals surface area contributed by atoms with Crippen molar-refractivity contribution < 1.29 is 9.73 Å². The first kappa shape index (κ1) is 5.60. The Bertz CT molecular complexity index is 126. The van der Waals surface area contributed by atoms with Gasteiger partial charge in [0, 0.05) is 13.8 Å². The van der Waals surface area contributed by atoms with Crippen molar-refractivity contribution in [3.05, 3.63) is 0 Å². The van der Waals surface area contributed by atoms with E-state index in [2.05, 4.69) is 18.8 Å². The molecule has 0 aromatic carbocycles. The second-order valence-corrected chi connectivity index (χ2v) is 2.85. The molecule has 1 N–H and O–H groups in total. The lowest BCUT2D eigenvalue weighted by molar-refractivity contribution is -0.530. The molecule has 0 atom stereocenters. The van der Waals surface area contributed by atoms with Gasteiger partial charge in [0.05, 0.1) is 6.92 Å². The highest BCUT2D eigenvalue weighted by Gasteiger charge is 2.30. The maximum Gasteiger partial charge on any atom is 0.332 e. The van der Waals surface area contributed by atoms with E-state index in [1.807, 2.05) is 6.92 Å². The molecule has 0 aromatic heterocycles. The molecular formula is C6H12NO+. The van der Waals surface area contributed by atoms with Gasteiger partial charge in [-0.3, -0.25) is 0 Å². The third-order valence-corrected chi connectivity index (χ3v) is 1.16. The molecule has 8 heavy (non-hydrogen) atoms. The molecule has 0 spiro atoms. The van der Waals surface area contributed by atoms with Gasteiger partial charge in [0.2, 0.25) is 0 Å². The van der Waals surface area contributed by atoms with Crippen molar-refractivity contribution in [2.75, 3.05) is 6.61 Å². The Hall–Kier alpha value is -0.530. The molecule has 0 bridgehead atoms. The Kier molecular flexibility index (Phi) is 1.03. The molecular weight excluding hydrogens is 102 g/mol. The summed E-state index contributed by atoms with van der Waals surface area (Å²) < 4.78 is 5.17. The molecule has 2 heteroatoms. The lowest BCUT2D eigenvalue weighted by Gasteiger charge is -2.01. The minimum Gasteiger partial charge on any atom is -0.441 e. The minimum absolute atomic E-state index is 0.157. The van der Waals surface area contributed by atoms with Crippen LogP contribution in [0.15, 0.2) is 0 Å². The Balaban J connectivity index is 2.67. The van der Waals surface area contributed by atoms with Crippen LogP contribution >= 0.6 is 0 Å². The number of rotatable bonds is 0. The second kappa shape index (κ2) is 1.47. The van der Waals surface area contributed by atoms with Crippen LogP contribution in [0.3, 0.4) is 0 Å². The maximum atomic E-state index is 5.17. The van der Waals surface area contributed by atoms with E-state index in [-0.39, 0.29) is 5.54 Å². The first-order valence-electron chi connectivity index (χ1n) is 2.85. The summed E-state index contributed by atoms with van der Waals surface area (Å²) in [6.07, 6.45) is 0. The summed E-state index contributed by atoms with van der Waals surface area (Å²) in [5, 5.41) is 0. The van der Waals surface area contributed by atoms with Gasteiger partial charge in [-0.15, -0.1) is 0 Å². The number of ether oxygens (including phenoxy) is 1. The summed E-state index contributed by atoms with van der Waals surface area (Å²) in [4.78, 5) is 3.19. The van der Waals surface area contributed by atoms with Gasteiger partial charge < -0.3 is 4.74 Å². The molecule has 1 aliphatic heterocycles. The highest BCUT2D eigenvalue weighted by Crippen LogP contribution is 1.98. The molecule has 0 radical (unpaired) electrons. The van der Waals surface area contributed by atoms with Gasteiger partial charge in [0.15, 0.2) is 12.1 Å². The smallest absolute Gasteiger partial charge is 0.332 e. The van der Waals surface area contributed by atoms with Crippen LogP contribution in [0.1, 0.15) is 20.8 Å². The second-order valence-electron chi connectivity index (χ2n) is 2.85. The minimum atomic E-state index is 0.157. The Morgan fingerprint density at radius 1 is 1.62 bits per heavy atom. The van der Waals surface area contributed by atoms with Crippen LogP contribution in [0.2, 0.25) is 0 Å². The molecule has 0 amide bonds. The third kappa shape index (κ3) is 0.997. The van der Waals surface area contributed by atoms with E-state index < -0.39 is 0 Å². The van der Waals surface area contributed by atoms with Crippen LogP contribution in [0, 0.1) is 0 Å². The topological polar surface area (TPSA) is 23.2 Å². The average Bonchev–Trinajstić information content (AvgIpc) is 1.82. The molecule has 2 nitrogen and oxygen atoms in total. The van der Waals surface area contributed by atoms with E-state index in [1.165, 1.54) is 0 Å². The summed E-state index contributed by atoms with van der Waals surface area (Å²) in [7, 11) is 0. The van der Waals surface area contributed by atoms with Gasteiger partial charge in [-0.05, 0) is 0 Å². The number of hydrogen-bond acceptors (Lipinski definition) is 1. The van der Waals surface area contributed by atoms with Crippen LogP contribution < -0.4 is 4.99 Å². The van der Waals surface area contributed by atoms with E-state index in [0.29, 0.717) is 0 Å². The van der Waals surface area contributed by atoms with Crippen molar-refractivity contribution in [3.63, 3.8) is 0 Å². The van der Waals surface area contributed by atoms with Gasteiger partial charge in [-0.2, -0.15) is 0 Å². The molecule has 0 fully saturated rings. The summed E-state index contributed by atoms with van der Waals surface area (Å²) in [5.74, 6) is 0.940. The summed E-state index contributed by atoms with van der Waals surface area (Å²) in [6.45, 7) is 6.96. The van der Waals surface area contributed by atoms with E-state index in [9.17, 15) is 0 Å². The first-order valence-corrected chi connectivity index (χ1v) is 2.85. The lowest BCUT2D eigenvalue weighted by Crippen LogP contribution is -2.82. The van der Waals surface area contributed by atoms with Gasteiger partial charge in [-0.25, -0.2) is 4.99 Å². The predicted molar refractivity (Wildman–Crippen MR) is 31.7 cm³/mol. The van der Waals surface area contributed by atoms with Gasteiger partial charge in [0.25, 0.3) is 0 Å². The molecule has 0 aliphatic carbocycles. The van der Waals surface area contributed by atoms with Gasteiger partial charge >= 0.3 is 5.90 Å².